The molecule has 0 spiro atoms. The number of nitrogens with two attached hydrogens (primary N) is 1. The van der Waals surface area contributed by atoms with Gasteiger partial charge in [0.1, 0.15) is 5.75 Å². The molecule has 1 heterocycles. The van der Waals surface area contributed by atoms with Crippen LogP contribution >= 0.6 is 11.3 Å². The number of aromatic hydroxyl groups is 1. The molecule has 54 valence electrons. The minimum absolute atomic E-state index is 0.236. The zero-order valence-corrected chi connectivity index (χ0v) is 6.27. The lowest BCUT2D eigenvalue weighted by atomic mass is 10.2. The molecular formula is C7H9NOS. The van der Waals surface area contributed by atoms with Crippen LogP contribution < -0.4 is 5.73 Å². The Labute approximate surface area is 63.6 Å². The van der Waals surface area contributed by atoms with Crippen LogP contribution in [0.15, 0.2) is 24.1 Å². The first kappa shape index (κ1) is 7.31. The highest BCUT2D eigenvalue weighted by Gasteiger charge is 2.07. The first-order chi connectivity index (χ1) is 4.75. The highest BCUT2D eigenvalue weighted by molar-refractivity contribution is 7.10. The van der Waals surface area contributed by atoms with E-state index < -0.39 is 0 Å². The molecule has 0 amide bonds. The van der Waals surface area contributed by atoms with Crippen molar-refractivity contribution in [2.75, 3.05) is 0 Å². The van der Waals surface area contributed by atoms with E-state index in [4.69, 9.17) is 10.8 Å². The second kappa shape index (κ2) is 2.86. The Morgan fingerprint density at radius 1 is 1.80 bits per heavy atom. The van der Waals surface area contributed by atoms with Gasteiger partial charge in [0.25, 0.3) is 0 Å². The molecule has 0 bridgehead atoms. The van der Waals surface area contributed by atoms with Gasteiger partial charge in [-0.2, -0.15) is 0 Å². The van der Waals surface area contributed by atoms with Crippen LogP contribution in [-0.4, -0.2) is 5.11 Å². The summed E-state index contributed by atoms with van der Waals surface area (Å²) in [5, 5.41) is 10.9. The van der Waals surface area contributed by atoms with Gasteiger partial charge in [-0.05, 0) is 11.4 Å². The normalized spacial score (nSPS) is 12.9. The van der Waals surface area contributed by atoms with E-state index in [0.29, 0.717) is 0 Å². The molecule has 0 aliphatic carbocycles. The maximum Gasteiger partial charge on any atom is 0.131 e. The van der Waals surface area contributed by atoms with Crippen molar-refractivity contribution in [3.05, 3.63) is 29.0 Å². The van der Waals surface area contributed by atoms with Gasteiger partial charge in [-0.25, -0.2) is 0 Å². The van der Waals surface area contributed by atoms with Gasteiger partial charge in [-0.1, -0.05) is 6.08 Å². The van der Waals surface area contributed by atoms with Gasteiger partial charge in [0.2, 0.25) is 0 Å². The summed E-state index contributed by atoms with van der Waals surface area (Å²) in [6.45, 7) is 3.53. The molecule has 0 aliphatic rings. The quantitative estimate of drug-likeness (QED) is 0.638. The van der Waals surface area contributed by atoms with Crippen molar-refractivity contribution in [3.8, 4) is 5.75 Å². The molecule has 1 atom stereocenters. The van der Waals surface area contributed by atoms with E-state index in [1.165, 1.54) is 11.3 Å². The second-order valence-corrected chi connectivity index (χ2v) is 2.88. The zero-order valence-electron chi connectivity index (χ0n) is 5.45. The minimum atomic E-state index is -0.236. The van der Waals surface area contributed by atoms with E-state index >= 15 is 0 Å². The van der Waals surface area contributed by atoms with Crippen molar-refractivity contribution < 1.29 is 5.11 Å². The fraction of sp³-hybridized carbons (Fsp3) is 0.143. The summed E-state index contributed by atoms with van der Waals surface area (Å²) in [6.07, 6.45) is 1.60. The Balaban J connectivity index is 2.92. The monoisotopic (exact) mass is 155 g/mol. The van der Waals surface area contributed by atoms with Gasteiger partial charge >= 0.3 is 0 Å². The minimum Gasteiger partial charge on any atom is -0.507 e. The lowest BCUT2D eigenvalue weighted by molar-refractivity contribution is 0.470. The molecule has 2 nitrogen and oxygen atoms in total. The largest absolute Gasteiger partial charge is 0.507 e. The van der Waals surface area contributed by atoms with Crippen molar-refractivity contribution >= 4 is 11.3 Å². The third kappa shape index (κ3) is 1.20. The molecule has 0 fully saturated rings. The third-order valence-electron chi connectivity index (χ3n) is 1.23. The molecule has 0 saturated heterocycles. The Bertz CT molecular complexity index is 231. The van der Waals surface area contributed by atoms with Crippen molar-refractivity contribution in [1.29, 1.82) is 0 Å². The van der Waals surface area contributed by atoms with Gasteiger partial charge in [-0.3, -0.25) is 0 Å². The van der Waals surface area contributed by atoms with Crippen LogP contribution in [0.25, 0.3) is 0 Å². The Hall–Kier alpha value is -0.800. The Morgan fingerprint density at radius 2 is 2.50 bits per heavy atom. The molecule has 3 heteroatoms. The highest BCUT2D eigenvalue weighted by Crippen LogP contribution is 2.28. The molecule has 1 aromatic heterocycles. The lowest BCUT2D eigenvalue weighted by Gasteiger charge is -2.01. The van der Waals surface area contributed by atoms with Crippen molar-refractivity contribution in [3.63, 3.8) is 0 Å². The number of hydrogen-bond acceptors (Lipinski definition) is 3. The van der Waals surface area contributed by atoms with E-state index in [9.17, 15) is 0 Å². The summed E-state index contributed by atoms with van der Waals surface area (Å²) in [5.74, 6) is 0.261. The van der Waals surface area contributed by atoms with E-state index in [-0.39, 0.29) is 11.8 Å². The topological polar surface area (TPSA) is 46.2 Å². The van der Waals surface area contributed by atoms with Crippen molar-refractivity contribution in [2.45, 2.75) is 6.04 Å². The lowest BCUT2D eigenvalue weighted by Crippen LogP contribution is -2.03. The second-order valence-electron chi connectivity index (χ2n) is 1.93. The van der Waals surface area contributed by atoms with E-state index in [1.54, 1.807) is 17.5 Å². The smallest absolute Gasteiger partial charge is 0.131 e. The molecule has 0 saturated carbocycles. The van der Waals surface area contributed by atoms with Crippen molar-refractivity contribution in [1.82, 2.24) is 0 Å². The molecule has 0 aliphatic heterocycles. The molecule has 0 unspecified atom stereocenters. The first-order valence-electron chi connectivity index (χ1n) is 2.90. The average Bonchev–Trinajstić information content (AvgIpc) is 2.34. The van der Waals surface area contributed by atoms with Gasteiger partial charge in [0.15, 0.2) is 0 Å². The van der Waals surface area contributed by atoms with Crippen LogP contribution in [0.2, 0.25) is 0 Å². The fourth-order valence-corrected chi connectivity index (χ4v) is 1.46. The maximum atomic E-state index is 9.13. The van der Waals surface area contributed by atoms with Crippen LogP contribution in [0.4, 0.5) is 0 Å². The van der Waals surface area contributed by atoms with Crippen LogP contribution in [0.1, 0.15) is 10.9 Å². The predicted molar refractivity (Wildman–Crippen MR) is 43.1 cm³/mol. The summed E-state index contributed by atoms with van der Waals surface area (Å²) < 4.78 is 0. The number of hydrogen-bond donors (Lipinski definition) is 2. The predicted octanol–water partition coefficient (Wildman–Crippen LogP) is 1.64. The summed E-state index contributed by atoms with van der Waals surface area (Å²) in [4.78, 5) is 0.773. The maximum absolute atomic E-state index is 9.13. The summed E-state index contributed by atoms with van der Waals surface area (Å²) >= 11 is 1.44. The standard InChI is InChI=1S/C7H9NOS/c1-2-5(8)7-6(9)3-4-10-7/h2-5,9H,1,8H2/t5-/m1/s1. The number of rotatable bonds is 2. The van der Waals surface area contributed by atoms with Crippen LogP contribution in [0, 0.1) is 0 Å². The van der Waals surface area contributed by atoms with E-state index in [0.717, 1.165) is 4.88 Å². The molecule has 1 rings (SSSR count). The van der Waals surface area contributed by atoms with E-state index in [2.05, 4.69) is 6.58 Å². The molecule has 0 aromatic carbocycles. The summed E-state index contributed by atoms with van der Waals surface area (Å²) in [7, 11) is 0. The fourth-order valence-electron chi connectivity index (χ4n) is 0.671. The highest BCUT2D eigenvalue weighted by atomic mass is 32.1. The van der Waals surface area contributed by atoms with Crippen molar-refractivity contribution in [2.24, 2.45) is 5.73 Å². The molecule has 3 N–H and O–H groups in total. The number of thiophene rings is 1. The van der Waals surface area contributed by atoms with Crippen LogP contribution in [0.3, 0.4) is 0 Å². The third-order valence-corrected chi connectivity index (χ3v) is 2.24. The first-order valence-corrected chi connectivity index (χ1v) is 3.78. The van der Waals surface area contributed by atoms with Gasteiger partial charge < -0.3 is 10.8 Å². The Morgan fingerprint density at radius 3 is 2.90 bits per heavy atom. The van der Waals surface area contributed by atoms with Crippen LogP contribution in [0.5, 0.6) is 5.75 Å². The molecule has 1 aromatic rings. The van der Waals surface area contributed by atoms with Gasteiger partial charge in [0.05, 0.1) is 10.9 Å². The SMILES string of the molecule is C=C[C@@H](N)c1sccc1O. The van der Waals surface area contributed by atoms with Gasteiger partial charge in [0, 0.05) is 0 Å². The Kier molecular flexibility index (Phi) is 2.09. The average molecular weight is 155 g/mol. The summed E-state index contributed by atoms with van der Waals surface area (Å²) in [5.41, 5.74) is 5.57. The van der Waals surface area contributed by atoms with Crippen LogP contribution in [-0.2, 0) is 0 Å². The summed E-state index contributed by atoms with van der Waals surface area (Å²) in [6, 6.07) is 1.39. The van der Waals surface area contributed by atoms with E-state index in [1.807, 2.05) is 0 Å². The molecular weight excluding hydrogens is 146 g/mol. The molecule has 10 heavy (non-hydrogen) atoms. The molecule has 0 radical (unpaired) electrons. The van der Waals surface area contributed by atoms with Gasteiger partial charge in [-0.15, -0.1) is 17.9 Å². The zero-order chi connectivity index (χ0) is 7.56.